The molecular formula is C13H18N2O4. The molecule has 104 valence electrons. The Morgan fingerprint density at radius 1 is 1.37 bits per heavy atom. The molecule has 0 unspecified atom stereocenters. The number of carboxylic acid groups (broad SMARTS) is 1. The zero-order chi connectivity index (χ0) is 14.5. The molecule has 1 heterocycles. The Morgan fingerprint density at radius 3 is 2.37 bits per heavy atom. The molecule has 2 N–H and O–H groups in total. The number of carboxylic acids is 1. The molecule has 0 saturated carbocycles. The van der Waals surface area contributed by atoms with Gasteiger partial charge in [-0.1, -0.05) is 13.8 Å². The van der Waals surface area contributed by atoms with Crippen LogP contribution in [0.1, 0.15) is 37.0 Å². The maximum atomic E-state index is 12.0. The van der Waals surface area contributed by atoms with Crippen molar-refractivity contribution >= 4 is 11.9 Å². The van der Waals surface area contributed by atoms with Gasteiger partial charge < -0.3 is 15.2 Å². The van der Waals surface area contributed by atoms with Gasteiger partial charge in [0.05, 0.1) is 12.7 Å². The van der Waals surface area contributed by atoms with Crippen molar-refractivity contribution in [3.63, 3.8) is 0 Å². The van der Waals surface area contributed by atoms with E-state index in [1.165, 1.54) is 13.3 Å². The lowest BCUT2D eigenvalue weighted by Gasteiger charge is -2.27. The lowest BCUT2D eigenvalue weighted by atomic mass is 9.92. The Hall–Kier alpha value is -2.11. The fraction of sp³-hybridized carbons (Fsp3) is 0.462. The highest BCUT2D eigenvalue weighted by Gasteiger charge is 2.36. The zero-order valence-corrected chi connectivity index (χ0v) is 11.3. The number of aromatic nitrogens is 1. The predicted octanol–water partition coefficient (Wildman–Crippen LogP) is 1.46. The Labute approximate surface area is 111 Å². The fourth-order valence-electron chi connectivity index (χ4n) is 1.71. The van der Waals surface area contributed by atoms with Crippen LogP contribution in [0.25, 0.3) is 0 Å². The third-order valence-electron chi connectivity index (χ3n) is 3.18. The molecular weight excluding hydrogens is 248 g/mol. The molecule has 0 atom stereocenters. The maximum absolute atomic E-state index is 12.0. The Kier molecular flexibility index (Phi) is 4.86. The zero-order valence-electron chi connectivity index (χ0n) is 11.3. The molecule has 1 rings (SSSR count). The minimum absolute atomic E-state index is 0.299. The number of pyridine rings is 1. The van der Waals surface area contributed by atoms with E-state index in [0.717, 1.165) is 0 Å². The molecule has 0 saturated heterocycles. The lowest BCUT2D eigenvalue weighted by Crippen LogP contribution is -2.53. The van der Waals surface area contributed by atoms with Crippen LogP contribution < -0.4 is 10.1 Å². The highest BCUT2D eigenvalue weighted by molar-refractivity contribution is 5.97. The van der Waals surface area contributed by atoms with Gasteiger partial charge >= 0.3 is 5.97 Å². The number of hydrogen-bond acceptors (Lipinski definition) is 4. The van der Waals surface area contributed by atoms with E-state index in [4.69, 9.17) is 4.74 Å². The topological polar surface area (TPSA) is 88.5 Å². The van der Waals surface area contributed by atoms with Crippen molar-refractivity contribution in [3.05, 3.63) is 23.9 Å². The normalized spacial score (nSPS) is 10.9. The number of nitrogens with zero attached hydrogens (tertiary/aromatic N) is 1. The summed E-state index contributed by atoms with van der Waals surface area (Å²) in [4.78, 5) is 27.2. The molecule has 0 aliphatic rings. The van der Waals surface area contributed by atoms with Crippen LogP contribution in [0.3, 0.4) is 0 Å². The second kappa shape index (κ2) is 6.17. The number of methoxy groups -OCH3 is 1. The molecule has 1 aromatic heterocycles. The van der Waals surface area contributed by atoms with E-state index in [9.17, 15) is 14.7 Å². The standard InChI is InChI=1S/C13H18N2O4/c1-4-13(5-2,12(17)18)15-11(16)9-6-7-10(19-3)14-8-9/h6-8H,4-5H2,1-3H3,(H,15,16)(H,17,18). The number of hydrogen-bond donors (Lipinski definition) is 2. The van der Waals surface area contributed by atoms with Crippen LogP contribution in [0.2, 0.25) is 0 Å². The van der Waals surface area contributed by atoms with Crippen LogP contribution >= 0.6 is 0 Å². The predicted molar refractivity (Wildman–Crippen MR) is 69.2 cm³/mol. The number of rotatable bonds is 6. The summed E-state index contributed by atoms with van der Waals surface area (Å²) in [6.07, 6.45) is 1.98. The molecule has 1 aromatic rings. The average molecular weight is 266 g/mol. The first-order valence-electron chi connectivity index (χ1n) is 6.05. The molecule has 0 fully saturated rings. The van der Waals surface area contributed by atoms with Gasteiger partial charge in [-0.2, -0.15) is 0 Å². The van der Waals surface area contributed by atoms with Crippen molar-refractivity contribution in [3.8, 4) is 5.88 Å². The van der Waals surface area contributed by atoms with Crippen molar-refractivity contribution in [1.82, 2.24) is 10.3 Å². The minimum Gasteiger partial charge on any atom is -0.481 e. The van der Waals surface area contributed by atoms with Crippen LogP contribution in [-0.4, -0.2) is 34.6 Å². The summed E-state index contributed by atoms with van der Waals surface area (Å²) in [6, 6.07) is 3.09. The third kappa shape index (κ3) is 3.21. The summed E-state index contributed by atoms with van der Waals surface area (Å²) in [5.41, 5.74) is -0.940. The molecule has 6 nitrogen and oxygen atoms in total. The molecule has 0 radical (unpaired) electrons. The van der Waals surface area contributed by atoms with Crippen LogP contribution in [0.4, 0.5) is 0 Å². The molecule has 6 heteroatoms. The van der Waals surface area contributed by atoms with Crippen molar-refractivity contribution in [2.24, 2.45) is 0 Å². The van der Waals surface area contributed by atoms with Crippen molar-refractivity contribution in [1.29, 1.82) is 0 Å². The number of ether oxygens (including phenoxy) is 1. The largest absolute Gasteiger partial charge is 0.481 e. The van der Waals surface area contributed by atoms with Gasteiger partial charge in [0.15, 0.2) is 0 Å². The van der Waals surface area contributed by atoms with Crippen LogP contribution in [0.5, 0.6) is 5.88 Å². The van der Waals surface area contributed by atoms with Gasteiger partial charge in [-0.15, -0.1) is 0 Å². The number of aliphatic carboxylic acids is 1. The minimum atomic E-state index is -1.24. The van der Waals surface area contributed by atoms with E-state index in [0.29, 0.717) is 24.3 Å². The maximum Gasteiger partial charge on any atom is 0.329 e. The van der Waals surface area contributed by atoms with Crippen LogP contribution in [-0.2, 0) is 4.79 Å². The molecule has 0 spiro atoms. The number of amides is 1. The van der Waals surface area contributed by atoms with Crippen molar-refractivity contribution in [2.75, 3.05) is 7.11 Å². The van der Waals surface area contributed by atoms with Gasteiger partial charge in [0.1, 0.15) is 5.54 Å². The summed E-state index contributed by atoms with van der Waals surface area (Å²) in [6.45, 7) is 3.45. The van der Waals surface area contributed by atoms with E-state index in [-0.39, 0.29) is 0 Å². The molecule has 1 amide bonds. The molecule has 0 aromatic carbocycles. The summed E-state index contributed by atoms with van der Waals surface area (Å²) >= 11 is 0. The molecule has 0 aliphatic carbocycles. The second-order valence-corrected chi connectivity index (χ2v) is 4.14. The summed E-state index contributed by atoms with van der Waals surface area (Å²) < 4.78 is 4.89. The van der Waals surface area contributed by atoms with Crippen molar-refractivity contribution < 1.29 is 19.4 Å². The summed E-state index contributed by atoms with van der Waals surface area (Å²) in [7, 11) is 1.48. The van der Waals surface area contributed by atoms with Crippen LogP contribution in [0, 0.1) is 0 Å². The van der Waals surface area contributed by atoms with Crippen molar-refractivity contribution in [2.45, 2.75) is 32.2 Å². The Balaban J connectivity index is 2.90. The fourth-order valence-corrected chi connectivity index (χ4v) is 1.71. The van der Waals surface area contributed by atoms with E-state index >= 15 is 0 Å². The van der Waals surface area contributed by atoms with E-state index < -0.39 is 17.4 Å². The first-order valence-corrected chi connectivity index (χ1v) is 6.05. The van der Waals surface area contributed by atoms with Gasteiger partial charge in [0.25, 0.3) is 5.91 Å². The SMILES string of the molecule is CCC(CC)(NC(=O)c1ccc(OC)nc1)C(=O)O. The number of carbonyl (C=O) groups excluding carboxylic acids is 1. The third-order valence-corrected chi connectivity index (χ3v) is 3.18. The van der Waals surface area contributed by atoms with Gasteiger partial charge in [-0.3, -0.25) is 4.79 Å². The Bertz CT molecular complexity index is 452. The highest BCUT2D eigenvalue weighted by atomic mass is 16.5. The monoisotopic (exact) mass is 266 g/mol. The van der Waals surface area contributed by atoms with Gasteiger partial charge in [-0.25, -0.2) is 9.78 Å². The van der Waals surface area contributed by atoms with Gasteiger partial charge in [-0.05, 0) is 18.9 Å². The van der Waals surface area contributed by atoms with Crippen LogP contribution in [0.15, 0.2) is 18.3 Å². The quantitative estimate of drug-likeness (QED) is 0.813. The lowest BCUT2D eigenvalue weighted by molar-refractivity contribution is -0.144. The average Bonchev–Trinajstić information content (AvgIpc) is 2.44. The smallest absolute Gasteiger partial charge is 0.329 e. The highest BCUT2D eigenvalue weighted by Crippen LogP contribution is 2.17. The van der Waals surface area contributed by atoms with Gasteiger partial charge in [0.2, 0.25) is 5.88 Å². The van der Waals surface area contributed by atoms with E-state index in [1.807, 2.05) is 0 Å². The summed E-state index contributed by atoms with van der Waals surface area (Å²) in [5.74, 6) is -1.10. The van der Waals surface area contributed by atoms with E-state index in [2.05, 4.69) is 10.3 Å². The van der Waals surface area contributed by atoms with Gasteiger partial charge in [0, 0.05) is 12.3 Å². The Morgan fingerprint density at radius 2 is 2.00 bits per heavy atom. The molecule has 0 aliphatic heterocycles. The first-order chi connectivity index (χ1) is 8.99. The molecule has 19 heavy (non-hydrogen) atoms. The summed E-state index contributed by atoms with van der Waals surface area (Å²) in [5, 5.41) is 11.8. The molecule has 0 bridgehead atoms. The number of nitrogens with one attached hydrogen (secondary N) is 1. The van der Waals surface area contributed by atoms with E-state index in [1.54, 1.807) is 26.0 Å². The second-order valence-electron chi connectivity index (χ2n) is 4.14. The number of carbonyl (C=O) groups is 2. The first kappa shape index (κ1) is 14.9.